The van der Waals surface area contributed by atoms with Crippen molar-refractivity contribution in [1.29, 1.82) is 0 Å². The molecule has 3 aromatic rings. The first-order chi connectivity index (χ1) is 14.1. The first kappa shape index (κ1) is 22.9. The van der Waals surface area contributed by atoms with Crippen LogP contribution in [0.15, 0.2) is 51.7 Å². The molecule has 0 fully saturated rings. The fourth-order valence-corrected chi connectivity index (χ4v) is 5.72. The van der Waals surface area contributed by atoms with Crippen molar-refractivity contribution in [2.75, 3.05) is 0 Å². The van der Waals surface area contributed by atoms with E-state index in [1.807, 2.05) is 64.1 Å². The molecule has 0 spiro atoms. The molecule has 0 saturated carbocycles. The Morgan fingerprint density at radius 1 is 1.03 bits per heavy atom. The molecule has 1 heterocycles. The van der Waals surface area contributed by atoms with E-state index in [0.29, 0.717) is 16.7 Å². The zero-order chi connectivity index (χ0) is 22.1. The molecule has 0 bridgehead atoms. The van der Waals surface area contributed by atoms with Gasteiger partial charge < -0.3 is 9.05 Å². The minimum Gasteiger partial charge on any atom is -0.306 e. The molecule has 0 aliphatic carbocycles. The van der Waals surface area contributed by atoms with Crippen LogP contribution >= 0.6 is 23.5 Å². The molecular weight excluding hydrogens is 467 g/mol. The molecule has 0 radical (unpaired) electrons. The Balaban J connectivity index is 1.95. The summed E-state index contributed by atoms with van der Waals surface area (Å²) in [5.41, 5.74) is 2.15. The Morgan fingerprint density at radius 2 is 1.63 bits per heavy atom. The van der Waals surface area contributed by atoms with Crippen LogP contribution in [0.25, 0.3) is 22.3 Å². The van der Waals surface area contributed by atoms with E-state index >= 15 is 0 Å². The molecule has 8 heteroatoms. The quantitative estimate of drug-likeness (QED) is 0.383. The lowest BCUT2D eigenvalue weighted by atomic mass is 10.1. The monoisotopic (exact) mass is 492 g/mol. The summed E-state index contributed by atoms with van der Waals surface area (Å²) in [5, 5.41) is 0.568. The van der Waals surface area contributed by atoms with Gasteiger partial charge in [0.2, 0.25) is 0 Å². The fraction of sp³-hybridized carbons (Fsp3) is 0.364. The number of fused-ring (bicyclic) bond motifs is 1. The highest BCUT2D eigenvalue weighted by molar-refractivity contribution is 9.10. The number of hydrogen-bond donors (Lipinski definition) is 0. The van der Waals surface area contributed by atoms with Gasteiger partial charge in [0.25, 0.3) is 5.56 Å². The maximum absolute atomic E-state index is 13.1. The van der Waals surface area contributed by atoms with Gasteiger partial charge in [0.05, 0.1) is 29.3 Å². The summed E-state index contributed by atoms with van der Waals surface area (Å²) in [7, 11) is -1.56. The van der Waals surface area contributed by atoms with Gasteiger partial charge in [-0.05, 0) is 51.5 Å². The Hall–Kier alpha value is -1.79. The summed E-state index contributed by atoms with van der Waals surface area (Å²) in [6, 6.07) is 12.9. The average molecular weight is 493 g/mol. The standard InChI is InChI=1S/C22H26BrN2O4P/c1-14(2)28-30(27,29-15(3)4)13-16-6-8-17(9-7-16)21-24-20-12-18(23)10-11-19(20)22(26)25(21)5/h6-12,14-15H,13H2,1-5H3. The molecule has 1 aromatic heterocycles. The molecule has 0 saturated heterocycles. The SMILES string of the molecule is CC(C)OP(=O)(Cc1ccc(-c2nc3cc(Br)ccc3c(=O)n2C)cc1)OC(C)C. The largest absolute Gasteiger partial charge is 0.335 e. The van der Waals surface area contributed by atoms with E-state index in [-0.39, 0.29) is 23.9 Å². The summed E-state index contributed by atoms with van der Waals surface area (Å²) in [6.45, 7) is 7.35. The van der Waals surface area contributed by atoms with E-state index in [2.05, 4.69) is 20.9 Å². The van der Waals surface area contributed by atoms with Crippen LogP contribution in [-0.4, -0.2) is 21.8 Å². The van der Waals surface area contributed by atoms with Crippen LogP contribution in [0.3, 0.4) is 0 Å². The molecule has 0 aliphatic rings. The fourth-order valence-electron chi connectivity index (χ4n) is 3.23. The van der Waals surface area contributed by atoms with Crippen LogP contribution < -0.4 is 5.56 Å². The highest BCUT2D eigenvalue weighted by Gasteiger charge is 2.28. The third-order valence-corrected chi connectivity index (χ3v) is 7.10. The predicted molar refractivity (Wildman–Crippen MR) is 124 cm³/mol. The van der Waals surface area contributed by atoms with Gasteiger partial charge in [-0.1, -0.05) is 40.2 Å². The van der Waals surface area contributed by atoms with Gasteiger partial charge in [-0.3, -0.25) is 13.9 Å². The summed E-state index contributed by atoms with van der Waals surface area (Å²) in [5.74, 6) is 0.567. The van der Waals surface area contributed by atoms with Crippen LogP contribution in [0, 0.1) is 0 Å². The van der Waals surface area contributed by atoms with E-state index in [1.54, 1.807) is 17.7 Å². The maximum atomic E-state index is 13.1. The van der Waals surface area contributed by atoms with Gasteiger partial charge >= 0.3 is 7.60 Å². The molecule has 0 N–H and O–H groups in total. The van der Waals surface area contributed by atoms with Crippen LogP contribution in [0.1, 0.15) is 33.3 Å². The molecule has 2 aromatic carbocycles. The van der Waals surface area contributed by atoms with Crippen LogP contribution in [0.5, 0.6) is 0 Å². The highest BCUT2D eigenvalue weighted by Crippen LogP contribution is 2.53. The molecule has 0 atom stereocenters. The van der Waals surface area contributed by atoms with E-state index in [4.69, 9.17) is 9.05 Å². The lowest BCUT2D eigenvalue weighted by Gasteiger charge is -2.23. The maximum Gasteiger partial charge on any atom is 0.335 e. The van der Waals surface area contributed by atoms with Crippen molar-refractivity contribution in [3.63, 3.8) is 0 Å². The van der Waals surface area contributed by atoms with Crippen molar-refractivity contribution < 1.29 is 13.6 Å². The minimum absolute atomic E-state index is 0.105. The molecule has 160 valence electrons. The van der Waals surface area contributed by atoms with Crippen molar-refractivity contribution in [2.45, 2.75) is 46.1 Å². The Bertz CT molecular complexity index is 1140. The minimum atomic E-state index is -3.27. The summed E-state index contributed by atoms with van der Waals surface area (Å²) in [6.07, 6.45) is -0.227. The number of aromatic nitrogens is 2. The van der Waals surface area contributed by atoms with E-state index < -0.39 is 7.60 Å². The summed E-state index contributed by atoms with van der Waals surface area (Å²) < 4.78 is 26.8. The smallest absolute Gasteiger partial charge is 0.306 e. The number of nitrogens with zero attached hydrogens (tertiary/aromatic N) is 2. The lowest BCUT2D eigenvalue weighted by Crippen LogP contribution is -2.20. The molecular formula is C22H26BrN2O4P. The van der Waals surface area contributed by atoms with E-state index in [9.17, 15) is 9.36 Å². The van der Waals surface area contributed by atoms with Crippen molar-refractivity contribution in [2.24, 2.45) is 7.05 Å². The Labute approximate surface area is 184 Å². The number of halogens is 1. The first-order valence-corrected chi connectivity index (χ1v) is 12.3. The van der Waals surface area contributed by atoms with E-state index in [1.165, 1.54) is 0 Å². The molecule has 0 unspecified atom stereocenters. The Morgan fingerprint density at radius 3 is 2.20 bits per heavy atom. The third-order valence-electron chi connectivity index (χ3n) is 4.37. The second-order valence-corrected chi connectivity index (χ2v) is 10.6. The predicted octanol–water partition coefficient (Wildman–Crippen LogP) is 5.91. The number of rotatable bonds is 7. The molecule has 6 nitrogen and oxygen atoms in total. The topological polar surface area (TPSA) is 70.4 Å². The van der Waals surface area contributed by atoms with Crippen molar-refractivity contribution >= 4 is 34.4 Å². The van der Waals surface area contributed by atoms with E-state index in [0.717, 1.165) is 15.6 Å². The number of benzene rings is 2. The first-order valence-electron chi connectivity index (χ1n) is 9.79. The summed E-state index contributed by atoms with van der Waals surface area (Å²) in [4.78, 5) is 17.4. The number of hydrogen-bond acceptors (Lipinski definition) is 5. The normalized spacial score (nSPS) is 12.3. The van der Waals surface area contributed by atoms with Gasteiger partial charge in [-0.15, -0.1) is 0 Å². The lowest BCUT2D eigenvalue weighted by molar-refractivity contribution is 0.141. The average Bonchev–Trinajstić information content (AvgIpc) is 2.63. The van der Waals surface area contributed by atoms with Crippen LogP contribution in [0.2, 0.25) is 0 Å². The molecule has 3 rings (SSSR count). The second-order valence-electron chi connectivity index (χ2n) is 7.74. The van der Waals surface area contributed by atoms with Gasteiger partial charge in [0, 0.05) is 17.1 Å². The Kier molecular flexibility index (Phi) is 6.98. The van der Waals surface area contributed by atoms with Crippen LogP contribution in [-0.2, 0) is 26.8 Å². The van der Waals surface area contributed by atoms with Crippen LogP contribution in [0.4, 0.5) is 0 Å². The molecule has 0 aliphatic heterocycles. The van der Waals surface area contributed by atoms with Gasteiger partial charge in [-0.25, -0.2) is 4.98 Å². The zero-order valence-electron chi connectivity index (χ0n) is 17.8. The van der Waals surface area contributed by atoms with Crippen molar-refractivity contribution in [3.05, 3.63) is 62.9 Å². The molecule has 30 heavy (non-hydrogen) atoms. The molecule has 0 amide bonds. The summed E-state index contributed by atoms with van der Waals surface area (Å²) >= 11 is 3.43. The highest BCUT2D eigenvalue weighted by atomic mass is 79.9. The van der Waals surface area contributed by atoms with Gasteiger partial charge in [0.15, 0.2) is 0 Å². The third kappa shape index (κ3) is 5.27. The van der Waals surface area contributed by atoms with Crippen molar-refractivity contribution in [3.8, 4) is 11.4 Å². The second kappa shape index (κ2) is 9.15. The van der Waals surface area contributed by atoms with Crippen molar-refractivity contribution in [1.82, 2.24) is 9.55 Å². The van der Waals surface area contributed by atoms with Gasteiger partial charge in [0.1, 0.15) is 5.82 Å². The van der Waals surface area contributed by atoms with Gasteiger partial charge in [-0.2, -0.15) is 0 Å². The zero-order valence-corrected chi connectivity index (χ0v) is 20.2.